The number of nitrogens with zero attached hydrogens (tertiary/aromatic N) is 2. The molecular formula is C14H20N2O2S. The smallest absolute Gasteiger partial charge is 0.195 e. The molecule has 3 rings (SSSR count). The third-order valence-electron chi connectivity index (χ3n) is 4.30. The Bertz CT molecular complexity index is 565. The van der Waals surface area contributed by atoms with Crippen LogP contribution < -0.4 is 0 Å². The fourth-order valence-corrected chi connectivity index (χ4v) is 4.80. The summed E-state index contributed by atoms with van der Waals surface area (Å²) in [6.07, 6.45) is 3.83. The van der Waals surface area contributed by atoms with Gasteiger partial charge in [0.25, 0.3) is 10.2 Å². The molecule has 0 aromatic heterocycles. The summed E-state index contributed by atoms with van der Waals surface area (Å²) in [4.78, 5) is 0. The summed E-state index contributed by atoms with van der Waals surface area (Å²) in [6, 6.07) is 8.18. The van der Waals surface area contributed by atoms with Gasteiger partial charge in [-0.25, -0.2) is 0 Å². The average molecular weight is 280 g/mol. The van der Waals surface area contributed by atoms with Crippen LogP contribution >= 0.6 is 0 Å². The topological polar surface area (TPSA) is 40.6 Å². The van der Waals surface area contributed by atoms with Crippen molar-refractivity contribution in [1.82, 2.24) is 8.61 Å². The van der Waals surface area contributed by atoms with Crippen LogP contribution in [0.2, 0.25) is 0 Å². The minimum atomic E-state index is -3.30. The molecule has 1 unspecified atom stereocenters. The van der Waals surface area contributed by atoms with Gasteiger partial charge in [0.1, 0.15) is 0 Å². The molecule has 1 aromatic carbocycles. The molecule has 19 heavy (non-hydrogen) atoms. The molecule has 1 aromatic rings. The second kappa shape index (κ2) is 4.89. The molecule has 0 saturated carbocycles. The third kappa shape index (κ3) is 2.20. The van der Waals surface area contributed by atoms with E-state index in [9.17, 15) is 8.42 Å². The van der Waals surface area contributed by atoms with Crippen LogP contribution in [0.15, 0.2) is 24.3 Å². The Hall–Kier alpha value is -0.910. The van der Waals surface area contributed by atoms with Crippen molar-refractivity contribution in [3.8, 4) is 0 Å². The van der Waals surface area contributed by atoms with Gasteiger partial charge in [-0.15, -0.1) is 0 Å². The van der Waals surface area contributed by atoms with E-state index in [0.717, 1.165) is 25.7 Å². The Kier molecular flexibility index (Phi) is 3.37. The lowest BCUT2D eigenvalue weighted by atomic mass is 10.1. The minimum absolute atomic E-state index is 0.00167. The van der Waals surface area contributed by atoms with Crippen molar-refractivity contribution in [3.63, 3.8) is 0 Å². The van der Waals surface area contributed by atoms with Crippen molar-refractivity contribution in [3.05, 3.63) is 35.4 Å². The van der Waals surface area contributed by atoms with Crippen molar-refractivity contribution in [2.45, 2.75) is 31.7 Å². The van der Waals surface area contributed by atoms with Crippen LogP contribution in [-0.4, -0.2) is 37.2 Å². The number of hydrogen-bond donors (Lipinski definition) is 0. The first kappa shape index (κ1) is 13.1. The average Bonchev–Trinajstić information content (AvgIpc) is 3.07. The van der Waals surface area contributed by atoms with Crippen LogP contribution in [0.5, 0.6) is 0 Å². The molecule has 1 saturated heterocycles. The van der Waals surface area contributed by atoms with E-state index < -0.39 is 10.2 Å². The van der Waals surface area contributed by atoms with E-state index in [-0.39, 0.29) is 6.04 Å². The second-order valence-electron chi connectivity index (χ2n) is 5.38. The van der Waals surface area contributed by atoms with Gasteiger partial charge in [-0.2, -0.15) is 17.0 Å². The van der Waals surface area contributed by atoms with Crippen LogP contribution in [0.1, 0.15) is 36.4 Å². The summed E-state index contributed by atoms with van der Waals surface area (Å²) in [6.45, 7) is 1.34. The quantitative estimate of drug-likeness (QED) is 0.849. The molecule has 104 valence electrons. The Labute approximate surface area is 115 Å². The third-order valence-corrected chi connectivity index (χ3v) is 6.30. The molecule has 5 heteroatoms. The van der Waals surface area contributed by atoms with Gasteiger partial charge in [0.15, 0.2) is 0 Å². The lowest BCUT2D eigenvalue weighted by Gasteiger charge is -2.29. The van der Waals surface area contributed by atoms with Crippen LogP contribution in [0, 0.1) is 0 Å². The van der Waals surface area contributed by atoms with Crippen LogP contribution in [-0.2, 0) is 16.6 Å². The van der Waals surface area contributed by atoms with Gasteiger partial charge >= 0.3 is 0 Å². The number of fused-ring (bicyclic) bond motifs is 1. The molecule has 0 bridgehead atoms. The Morgan fingerprint density at radius 3 is 2.63 bits per heavy atom. The van der Waals surface area contributed by atoms with Gasteiger partial charge in [0.2, 0.25) is 0 Å². The van der Waals surface area contributed by atoms with Crippen molar-refractivity contribution < 1.29 is 8.42 Å². The lowest BCUT2D eigenvalue weighted by molar-refractivity contribution is 0.335. The fourth-order valence-electron chi connectivity index (χ4n) is 3.17. The number of rotatable bonds is 3. The van der Waals surface area contributed by atoms with E-state index in [1.54, 1.807) is 15.7 Å². The normalized spacial score (nSPS) is 24.0. The molecule has 2 aliphatic rings. The molecule has 0 radical (unpaired) electrons. The largest absolute Gasteiger partial charge is 0.282 e. The number of hydrogen-bond acceptors (Lipinski definition) is 2. The Balaban J connectivity index is 1.87. The van der Waals surface area contributed by atoms with E-state index in [2.05, 4.69) is 12.1 Å². The van der Waals surface area contributed by atoms with Gasteiger partial charge in [-0.05, 0) is 36.8 Å². The first-order valence-electron chi connectivity index (χ1n) is 6.91. The zero-order valence-electron chi connectivity index (χ0n) is 11.2. The molecule has 4 nitrogen and oxygen atoms in total. The Morgan fingerprint density at radius 2 is 1.89 bits per heavy atom. The summed E-state index contributed by atoms with van der Waals surface area (Å²) in [5, 5.41) is 0. The molecule has 1 atom stereocenters. The zero-order valence-corrected chi connectivity index (χ0v) is 12.1. The molecule has 1 aliphatic carbocycles. The summed E-state index contributed by atoms with van der Waals surface area (Å²) in [5.74, 6) is 0. The van der Waals surface area contributed by atoms with Crippen molar-refractivity contribution in [2.24, 2.45) is 0 Å². The highest BCUT2D eigenvalue weighted by Crippen LogP contribution is 2.37. The van der Waals surface area contributed by atoms with E-state index in [4.69, 9.17) is 0 Å². The minimum Gasteiger partial charge on any atom is -0.195 e. The first-order valence-corrected chi connectivity index (χ1v) is 8.31. The molecule has 1 heterocycles. The summed E-state index contributed by atoms with van der Waals surface area (Å²) in [7, 11) is -1.58. The summed E-state index contributed by atoms with van der Waals surface area (Å²) in [5.41, 5.74) is 2.46. The maximum atomic E-state index is 12.6. The molecule has 1 fully saturated rings. The van der Waals surface area contributed by atoms with Crippen LogP contribution in [0.3, 0.4) is 0 Å². The van der Waals surface area contributed by atoms with Crippen molar-refractivity contribution >= 4 is 10.2 Å². The second-order valence-corrected chi connectivity index (χ2v) is 7.37. The van der Waals surface area contributed by atoms with Gasteiger partial charge in [0, 0.05) is 20.1 Å². The predicted molar refractivity (Wildman–Crippen MR) is 75.0 cm³/mol. The summed E-state index contributed by atoms with van der Waals surface area (Å²) < 4.78 is 28.4. The van der Waals surface area contributed by atoms with Gasteiger partial charge in [0.05, 0.1) is 6.04 Å². The molecule has 0 amide bonds. The predicted octanol–water partition coefficient (Wildman–Crippen LogP) is 1.95. The van der Waals surface area contributed by atoms with Gasteiger partial charge < -0.3 is 0 Å². The van der Waals surface area contributed by atoms with Crippen LogP contribution in [0.25, 0.3) is 0 Å². The van der Waals surface area contributed by atoms with E-state index in [1.165, 1.54) is 11.1 Å². The SMILES string of the molecule is CN(C1CCc2ccccc21)S(=O)(=O)N1CCCC1. The standard InChI is InChI=1S/C14H20N2O2S/c1-15(19(17,18)16-10-4-5-11-16)14-9-8-12-6-2-3-7-13(12)14/h2-3,6-7,14H,4-5,8-11H2,1H3. The van der Waals surface area contributed by atoms with E-state index >= 15 is 0 Å². The van der Waals surface area contributed by atoms with Crippen molar-refractivity contribution in [1.29, 1.82) is 0 Å². The van der Waals surface area contributed by atoms with Gasteiger partial charge in [-0.3, -0.25) is 0 Å². The highest BCUT2D eigenvalue weighted by Gasteiger charge is 2.36. The highest BCUT2D eigenvalue weighted by atomic mass is 32.2. The number of benzene rings is 1. The molecule has 0 N–H and O–H groups in total. The zero-order chi connectivity index (χ0) is 13.5. The highest BCUT2D eigenvalue weighted by molar-refractivity contribution is 7.86. The maximum Gasteiger partial charge on any atom is 0.282 e. The number of aryl methyl sites for hydroxylation is 1. The van der Waals surface area contributed by atoms with Crippen molar-refractivity contribution in [2.75, 3.05) is 20.1 Å². The molecule has 0 spiro atoms. The molecular weight excluding hydrogens is 260 g/mol. The molecule has 1 aliphatic heterocycles. The van der Waals surface area contributed by atoms with E-state index in [0.29, 0.717) is 13.1 Å². The summed E-state index contributed by atoms with van der Waals surface area (Å²) >= 11 is 0. The Morgan fingerprint density at radius 1 is 1.21 bits per heavy atom. The lowest BCUT2D eigenvalue weighted by Crippen LogP contribution is -2.41. The van der Waals surface area contributed by atoms with Gasteiger partial charge in [-0.1, -0.05) is 24.3 Å². The van der Waals surface area contributed by atoms with E-state index in [1.807, 2.05) is 12.1 Å². The van der Waals surface area contributed by atoms with Crippen LogP contribution in [0.4, 0.5) is 0 Å². The first-order chi connectivity index (χ1) is 9.10. The maximum absolute atomic E-state index is 12.6. The fraction of sp³-hybridized carbons (Fsp3) is 0.571. The monoisotopic (exact) mass is 280 g/mol.